The van der Waals surface area contributed by atoms with Crippen LogP contribution < -0.4 is 5.69 Å². The number of hydrogen-bond acceptors (Lipinski definition) is 3. The van der Waals surface area contributed by atoms with Gasteiger partial charge in [0.25, 0.3) is 0 Å². The third-order valence-electron chi connectivity index (χ3n) is 2.33. The summed E-state index contributed by atoms with van der Waals surface area (Å²) < 4.78 is 1.58. The van der Waals surface area contributed by atoms with Crippen LogP contribution in [0.15, 0.2) is 23.1 Å². The molecule has 0 aliphatic carbocycles. The Kier molecular flexibility index (Phi) is 8.00. The number of hydrogen-bond donors (Lipinski definition) is 0. The molecule has 0 saturated carbocycles. The molecule has 4 heteroatoms. The van der Waals surface area contributed by atoms with Gasteiger partial charge in [-0.2, -0.15) is 4.98 Å². The number of nitrogens with zero attached hydrogens (tertiary/aromatic N) is 2. The minimum absolute atomic E-state index is 0.212. The molecule has 2 aromatic heterocycles. The van der Waals surface area contributed by atoms with Crippen molar-refractivity contribution in [3.05, 3.63) is 44.9 Å². The fourth-order valence-electron chi connectivity index (χ4n) is 1.33. The molecule has 0 saturated heterocycles. The van der Waals surface area contributed by atoms with Crippen molar-refractivity contribution >= 4 is 11.3 Å². The number of aromatic nitrogens is 2. The average molecular weight is 280 g/mol. The van der Waals surface area contributed by atoms with E-state index in [0.29, 0.717) is 0 Å². The van der Waals surface area contributed by atoms with Gasteiger partial charge in [0.15, 0.2) is 0 Å². The van der Waals surface area contributed by atoms with Gasteiger partial charge >= 0.3 is 5.69 Å². The van der Waals surface area contributed by atoms with Gasteiger partial charge in [0.1, 0.15) is 5.00 Å². The summed E-state index contributed by atoms with van der Waals surface area (Å²) in [5.41, 5.74) is 1.75. The van der Waals surface area contributed by atoms with E-state index in [9.17, 15) is 4.79 Å². The molecular formula is C15H24N2OS. The topological polar surface area (TPSA) is 34.9 Å². The van der Waals surface area contributed by atoms with Crippen molar-refractivity contribution in [2.24, 2.45) is 0 Å². The maximum absolute atomic E-state index is 11.6. The molecule has 2 rings (SSSR count). The van der Waals surface area contributed by atoms with E-state index in [2.05, 4.69) is 11.9 Å². The molecule has 0 bridgehead atoms. The molecule has 2 heterocycles. The molecule has 0 aromatic carbocycles. The molecular weight excluding hydrogens is 256 g/mol. The number of rotatable bonds is 1. The van der Waals surface area contributed by atoms with Crippen molar-refractivity contribution in [1.82, 2.24) is 9.55 Å². The molecule has 0 aliphatic heterocycles. The second-order valence-electron chi connectivity index (χ2n) is 3.55. The van der Waals surface area contributed by atoms with E-state index in [-0.39, 0.29) is 5.69 Å². The molecule has 0 spiro atoms. The van der Waals surface area contributed by atoms with Gasteiger partial charge in [-0.25, -0.2) is 4.79 Å². The lowest BCUT2D eigenvalue weighted by Gasteiger charge is -2.00. The van der Waals surface area contributed by atoms with E-state index in [1.54, 1.807) is 22.1 Å². The van der Waals surface area contributed by atoms with E-state index < -0.39 is 0 Å². The first-order valence-electron chi connectivity index (χ1n) is 6.71. The van der Waals surface area contributed by atoms with Crippen molar-refractivity contribution in [3.8, 4) is 5.00 Å². The molecule has 0 N–H and O–H groups in total. The van der Waals surface area contributed by atoms with Crippen LogP contribution in [0.25, 0.3) is 5.00 Å². The van der Waals surface area contributed by atoms with Crippen LogP contribution in [0, 0.1) is 20.8 Å². The van der Waals surface area contributed by atoms with Crippen molar-refractivity contribution < 1.29 is 0 Å². The fraction of sp³-hybridized carbons (Fsp3) is 0.467. The van der Waals surface area contributed by atoms with Crippen molar-refractivity contribution in [1.29, 1.82) is 0 Å². The summed E-state index contributed by atoms with van der Waals surface area (Å²) in [6.07, 6.45) is 1.77. The maximum Gasteiger partial charge on any atom is 0.352 e. The van der Waals surface area contributed by atoms with Gasteiger partial charge < -0.3 is 0 Å². The Balaban J connectivity index is 0.000000741. The zero-order valence-corrected chi connectivity index (χ0v) is 13.8. The quantitative estimate of drug-likeness (QED) is 0.782. The van der Waals surface area contributed by atoms with E-state index in [0.717, 1.165) is 10.7 Å². The van der Waals surface area contributed by atoms with E-state index in [4.69, 9.17) is 0 Å². The van der Waals surface area contributed by atoms with Crippen LogP contribution in [0.1, 0.15) is 43.8 Å². The molecule has 0 radical (unpaired) electrons. The van der Waals surface area contributed by atoms with Crippen molar-refractivity contribution in [2.45, 2.75) is 48.5 Å². The Hall–Kier alpha value is -1.42. The highest BCUT2D eigenvalue weighted by molar-refractivity contribution is 7.14. The van der Waals surface area contributed by atoms with Gasteiger partial charge in [-0.3, -0.25) is 4.57 Å². The van der Waals surface area contributed by atoms with E-state index in [1.807, 2.05) is 53.7 Å². The molecule has 19 heavy (non-hydrogen) atoms. The van der Waals surface area contributed by atoms with Crippen molar-refractivity contribution in [2.75, 3.05) is 0 Å². The predicted molar refractivity (Wildman–Crippen MR) is 84.6 cm³/mol. The lowest BCUT2D eigenvalue weighted by Crippen LogP contribution is -2.20. The molecule has 0 atom stereocenters. The molecule has 3 nitrogen and oxygen atoms in total. The zero-order valence-electron chi connectivity index (χ0n) is 12.9. The summed E-state index contributed by atoms with van der Waals surface area (Å²) >= 11 is 1.61. The highest BCUT2D eigenvalue weighted by Crippen LogP contribution is 2.22. The minimum Gasteiger partial charge on any atom is -0.259 e. The molecule has 0 fully saturated rings. The van der Waals surface area contributed by atoms with Gasteiger partial charge in [0.2, 0.25) is 0 Å². The SMILES string of the molecule is CC.CC.Cc1ccn(-c2cc(C)c(C)s2)c(=O)n1. The van der Waals surface area contributed by atoms with Crippen molar-refractivity contribution in [3.63, 3.8) is 0 Å². The van der Waals surface area contributed by atoms with Crippen LogP contribution in [-0.2, 0) is 0 Å². The molecule has 0 aliphatic rings. The molecule has 0 amide bonds. The molecule has 106 valence electrons. The predicted octanol–water partition coefficient (Wildman–Crippen LogP) is 4.27. The monoisotopic (exact) mass is 280 g/mol. The minimum atomic E-state index is -0.212. The number of aryl methyl sites for hydroxylation is 3. The summed E-state index contributed by atoms with van der Waals surface area (Å²) in [5.74, 6) is 0. The Morgan fingerprint density at radius 3 is 2.11 bits per heavy atom. The summed E-state index contributed by atoms with van der Waals surface area (Å²) in [4.78, 5) is 16.8. The van der Waals surface area contributed by atoms with Crippen LogP contribution in [0.3, 0.4) is 0 Å². The van der Waals surface area contributed by atoms with Gasteiger partial charge in [-0.1, -0.05) is 27.7 Å². The third kappa shape index (κ3) is 4.63. The van der Waals surface area contributed by atoms with Crippen LogP contribution in [-0.4, -0.2) is 9.55 Å². The smallest absolute Gasteiger partial charge is 0.259 e. The summed E-state index contributed by atoms with van der Waals surface area (Å²) in [5, 5.41) is 0.933. The second-order valence-corrected chi connectivity index (χ2v) is 4.78. The Bertz CT molecular complexity index is 536. The normalized spacial score (nSPS) is 9.00. The Morgan fingerprint density at radius 1 is 1.11 bits per heavy atom. The van der Waals surface area contributed by atoms with Gasteiger partial charge in [-0.15, -0.1) is 11.3 Å². The molecule has 2 aromatic rings. The van der Waals surface area contributed by atoms with Crippen LogP contribution in [0.4, 0.5) is 0 Å². The third-order valence-corrected chi connectivity index (χ3v) is 3.49. The first-order chi connectivity index (χ1) is 9.08. The summed E-state index contributed by atoms with van der Waals surface area (Å²) in [6, 6.07) is 3.85. The summed E-state index contributed by atoms with van der Waals surface area (Å²) in [7, 11) is 0. The zero-order chi connectivity index (χ0) is 15.0. The highest BCUT2D eigenvalue weighted by atomic mass is 32.1. The van der Waals surface area contributed by atoms with Crippen LogP contribution >= 0.6 is 11.3 Å². The van der Waals surface area contributed by atoms with Gasteiger partial charge in [-0.05, 0) is 38.5 Å². The molecule has 0 unspecified atom stereocenters. The van der Waals surface area contributed by atoms with Crippen LogP contribution in [0.2, 0.25) is 0 Å². The van der Waals surface area contributed by atoms with Gasteiger partial charge in [0, 0.05) is 16.8 Å². The second kappa shape index (κ2) is 8.64. The van der Waals surface area contributed by atoms with E-state index >= 15 is 0 Å². The fourth-order valence-corrected chi connectivity index (χ4v) is 2.33. The van der Waals surface area contributed by atoms with E-state index in [1.165, 1.54) is 10.4 Å². The van der Waals surface area contributed by atoms with Crippen LogP contribution in [0.5, 0.6) is 0 Å². The highest BCUT2D eigenvalue weighted by Gasteiger charge is 2.05. The lowest BCUT2D eigenvalue weighted by molar-refractivity contribution is 0.907. The Labute approximate surface area is 120 Å². The average Bonchev–Trinajstić information content (AvgIpc) is 2.74. The lowest BCUT2D eigenvalue weighted by atomic mass is 10.3. The Morgan fingerprint density at radius 2 is 1.68 bits per heavy atom. The first kappa shape index (κ1) is 17.6. The summed E-state index contributed by atoms with van der Waals surface area (Å²) in [6.45, 7) is 13.9. The maximum atomic E-state index is 11.6. The van der Waals surface area contributed by atoms with Gasteiger partial charge in [0.05, 0.1) is 0 Å². The largest absolute Gasteiger partial charge is 0.352 e. The number of thiophene rings is 1. The standard InChI is InChI=1S/C11H12N2OS.2C2H6/c1-7-6-10(15-9(7)3)13-5-4-8(2)12-11(13)14;2*1-2/h4-6H,1-3H3;2*1-2H3. The first-order valence-corrected chi connectivity index (χ1v) is 7.53.